The lowest BCUT2D eigenvalue weighted by Crippen LogP contribution is -2.26. The van der Waals surface area contributed by atoms with Crippen LogP contribution in [0.25, 0.3) is 10.6 Å². The number of carbonyl (C=O) groups excluding carboxylic acids is 1. The Morgan fingerprint density at radius 3 is 2.96 bits per heavy atom. The molecular weight excluding hydrogens is 312 g/mol. The quantitative estimate of drug-likeness (QED) is 0.753. The maximum absolute atomic E-state index is 12.3. The van der Waals surface area contributed by atoms with Gasteiger partial charge in [-0.1, -0.05) is 24.3 Å². The molecule has 0 spiro atoms. The average molecular weight is 328 g/mol. The lowest BCUT2D eigenvalue weighted by atomic mass is 10.1. The van der Waals surface area contributed by atoms with Crippen molar-refractivity contribution in [3.05, 3.63) is 59.4 Å². The molecule has 118 valence electrons. The zero-order chi connectivity index (χ0) is 16.1. The Bertz CT molecular complexity index is 781. The fourth-order valence-corrected chi connectivity index (χ4v) is 3.01. The number of methoxy groups -OCH3 is 1. The van der Waals surface area contributed by atoms with Gasteiger partial charge in [0.05, 0.1) is 12.0 Å². The van der Waals surface area contributed by atoms with E-state index in [0.29, 0.717) is 24.4 Å². The first-order chi connectivity index (χ1) is 11.3. The smallest absolute Gasteiger partial charge is 0.273 e. The van der Waals surface area contributed by atoms with Crippen LogP contribution in [0.3, 0.4) is 0 Å². The first-order valence-corrected chi connectivity index (χ1v) is 8.05. The molecule has 0 aliphatic heterocycles. The molecular formula is C17H16N2O3S. The number of thiophene rings is 1. The summed E-state index contributed by atoms with van der Waals surface area (Å²) in [5.41, 5.74) is 1.36. The van der Waals surface area contributed by atoms with Crippen LogP contribution >= 0.6 is 11.3 Å². The molecule has 3 aromatic rings. The Hall–Kier alpha value is -2.60. The number of oxazole rings is 1. The Kier molecular flexibility index (Phi) is 4.73. The summed E-state index contributed by atoms with van der Waals surface area (Å²) in [5, 5.41) is 4.81. The highest BCUT2D eigenvalue weighted by atomic mass is 32.1. The van der Waals surface area contributed by atoms with Crippen molar-refractivity contribution in [2.75, 3.05) is 13.7 Å². The second-order valence-electron chi connectivity index (χ2n) is 4.83. The van der Waals surface area contributed by atoms with Crippen LogP contribution in [-0.4, -0.2) is 24.5 Å². The van der Waals surface area contributed by atoms with E-state index in [1.165, 1.54) is 17.7 Å². The molecule has 1 amide bonds. The van der Waals surface area contributed by atoms with Gasteiger partial charge in [-0.15, -0.1) is 11.3 Å². The molecule has 0 saturated carbocycles. The molecule has 0 aliphatic rings. The second kappa shape index (κ2) is 7.11. The molecule has 0 unspecified atom stereocenters. The van der Waals surface area contributed by atoms with Gasteiger partial charge in [-0.05, 0) is 29.5 Å². The summed E-state index contributed by atoms with van der Waals surface area (Å²) < 4.78 is 10.7. The molecule has 1 N–H and O–H groups in total. The van der Waals surface area contributed by atoms with Crippen molar-refractivity contribution >= 4 is 17.2 Å². The third-order valence-corrected chi connectivity index (χ3v) is 4.27. The minimum atomic E-state index is -0.239. The fourth-order valence-electron chi connectivity index (χ4n) is 2.29. The maximum atomic E-state index is 12.3. The summed E-state index contributed by atoms with van der Waals surface area (Å²) in [6.07, 6.45) is 1.98. The summed E-state index contributed by atoms with van der Waals surface area (Å²) in [4.78, 5) is 17.2. The van der Waals surface area contributed by atoms with E-state index >= 15 is 0 Å². The van der Waals surface area contributed by atoms with Crippen molar-refractivity contribution in [2.24, 2.45) is 0 Å². The topological polar surface area (TPSA) is 64.4 Å². The van der Waals surface area contributed by atoms with E-state index in [4.69, 9.17) is 9.15 Å². The Balaban J connectivity index is 1.64. The van der Waals surface area contributed by atoms with E-state index in [2.05, 4.69) is 10.3 Å². The number of hydrogen-bond acceptors (Lipinski definition) is 5. The zero-order valence-electron chi connectivity index (χ0n) is 12.6. The van der Waals surface area contributed by atoms with Crippen molar-refractivity contribution < 1.29 is 13.9 Å². The largest absolute Gasteiger partial charge is 0.496 e. The molecule has 3 rings (SSSR count). The molecule has 0 aliphatic carbocycles. The van der Waals surface area contributed by atoms with Crippen LogP contribution in [0.5, 0.6) is 5.75 Å². The van der Waals surface area contributed by atoms with Gasteiger partial charge >= 0.3 is 0 Å². The minimum absolute atomic E-state index is 0.239. The molecule has 0 radical (unpaired) electrons. The highest BCUT2D eigenvalue weighted by molar-refractivity contribution is 7.13. The lowest BCUT2D eigenvalue weighted by molar-refractivity contribution is 0.0950. The van der Waals surface area contributed by atoms with E-state index in [1.807, 2.05) is 41.8 Å². The summed E-state index contributed by atoms with van der Waals surface area (Å²) in [7, 11) is 1.64. The van der Waals surface area contributed by atoms with Crippen LogP contribution in [0.4, 0.5) is 0 Å². The zero-order valence-corrected chi connectivity index (χ0v) is 13.4. The van der Waals surface area contributed by atoms with Crippen LogP contribution < -0.4 is 10.1 Å². The van der Waals surface area contributed by atoms with Gasteiger partial charge in [0.25, 0.3) is 5.91 Å². The summed E-state index contributed by atoms with van der Waals surface area (Å²) in [6.45, 7) is 0.496. The number of benzene rings is 1. The number of aromatic nitrogens is 1. The monoisotopic (exact) mass is 328 g/mol. The van der Waals surface area contributed by atoms with Crippen molar-refractivity contribution in [3.63, 3.8) is 0 Å². The Morgan fingerprint density at radius 2 is 2.17 bits per heavy atom. The molecule has 0 fully saturated rings. The molecule has 0 saturated heterocycles. The number of nitrogens with zero attached hydrogens (tertiary/aromatic N) is 1. The van der Waals surface area contributed by atoms with Gasteiger partial charge < -0.3 is 14.5 Å². The van der Waals surface area contributed by atoms with Gasteiger partial charge in [-0.25, -0.2) is 4.98 Å². The molecule has 5 nitrogen and oxygen atoms in total. The normalized spacial score (nSPS) is 10.5. The predicted molar refractivity (Wildman–Crippen MR) is 88.8 cm³/mol. The van der Waals surface area contributed by atoms with E-state index in [0.717, 1.165) is 16.2 Å². The number of para-hydroxylation sites is 1. The summed E-state index contributed by atoms with van der Waals surface area (Å²) in [5.74, 6) is 1.09. The molecule has 0 bridgehead atoms. The number of rotatable bonds is 6. The van der Waals surface area contributed by atoms with Gasteiger partial charge in [-0.3, -0.25) is 4.79 Å². The number of hydrogen-bond donors (Lipinski definition) is 1. The van der Waals surface area contributed by atoms with Crippen LogP contribution in [0, 0.1) is 0 Å². The number of carbonyl (C=O) groups is 1. The first-order valence-electron chi connectivity index (χ1n) is 7.17. The van der Waals surface area contributed by atoms with Crippen LogP contribution in [-0.2, 0) is 6.42 Å². The number of nitrogens with one attached hydrogen (secondary N) is 1. The molecule has 1 aromatic carbocycles. The van der Waals surface area contributed by atoms with Crippen LogP contribution in [0.1, 0.15) is 16.1 Å². The van der Waals surface area contributed by atoms with Crippen LogP contribution in [0.15, 0.2) is 52.6 Å². The van der Waals surface area contributed by atoms with Gasteiger partial charge in [0.15, 0.2) is 17.8 Å². The predicted octanol–water partition coefficient (Wildman–Crippen LogP) is 3.38. The Morgan fingerprint density at radius 1 is 1.30 bits per heavy atom. The van der Waals surface area contributed by atoms with Crippen LogP contribution in [0.2, 0.25) is 0 Å². The number of amides is 1. The average Bonchev–Trinajstić information content (AvgIpc) is 3.26. The highest BCUT2D eigenvalue weighted by Crippen LogP contribution is 2.27. The lowest BCUT2D eigenvalue weighted by Gasteiger charge is -2.08. The van der Waals surface area contributed by atoms with Crippen molar-refractivity contribution in [3.8, 4) is 16.4 Å². The van der Waals surface area contributed by atoms with E-state index in [-0.39, 0.29) is 5.91 Å². The Labute approximate surface area is 137 Å². The van der Waals surface area contributed by atoms with E-state index < -0.39 is 0 Å². The third-order valence-electron chi connectivity index (χ3n) is 3.40. The second-order valence-corrected chi connectivity index (χ2v) is 5.77. The molecule has 6 heteroatoms. The van der Waals surface area contributed by atoms with Gasteiger partial charge in [0.1, 0.15) is 5.75 Å². The first kappa shape index (κ1) is 15.3. The molecule has 0 atom stereocenters. The highest BCUT2D eigenvalue weighted by Gasteiger charge is 2.18. The van der Waals surface area contributed by atoms with Crippen molar-refractivity contribution in [1.82, 2.24) is 10.3 Å². The van der Waals surface area contributed by atoms with Crippen molar-refractivity contribution in [2.45, 2.75) is 6.42 Å². The molecule has 2 heterocycles. The number of ether oxygens (including phenoxy) is 1. The van der Waals surface area contributed by atoms with Gasteiger partial charge in [0, 0.05) is 6.54 Å². The summed E-state index contributed by atoms with van der Waals surface area (Å²) in [6, 6.07) is 11.6. The summed E-state index contributed by atoms with van der Waals surface area (Å²) >= 11 is 1.51. The van der Waals surface area contributed by atoms with Crippen molar-refractivity contribution in [1.29, 1.82) is 0 Å². The molecule has 23 heavy (non-hydrogen) atoms. The SMILES string of the molecule is COc1ccccc1CCNC(=O)c1ncoc1-c1cccs1. The van der Waals surface area contributed by atoms with E-state index in [1.54, 1.807) is 7.11 Å². The maximum Gasteiger partial charge on any atom is 0.273 e. The van der Waals surface area contributed by atoms with Gasteiger partial charge in [-0.2, -0.15) is 0 Å². The third kappa shape index (κ3) is 3.43. The fraction of sp³-hybridized carbons (Fsp3) is 0.176. The molecule has 2 aromatic heterocycles. The van der Waals surface area contributed by atoms with E-state index in [9.17, 15) is 4.79 Å². The standard InChI is InChI=1S/C17H16N2O3S/c1-21-13-6-3-2-5-12(13)8-9-18-17(20)15-16(22-11-19-15)14-7-4-10-23-14/h2-7,10-11H,8-9H2,1H3,(H,18,20). The minimum Gasteiger partial charge on any atom is -0.496 e. The van der Waals surface area contributed by atoms with Gasteiger partial charge in [0.2, 0.25) is 0 Å².